The standard InChI is InChI=1S/C11H9ClN2S/c1-8-3-2-4-9(5-8)15-11-6-10(12)13-7-14-11/h2-7H,1H3. The molecule has 0 saturated carbocycles. The molecule has 2 aromatic rings. The fraction of sp³-hybridized carbons (Fsp3) is 0.0909. The van der Waals surface area contributed by atoms with Crippen molar-refractivity contribution in [2.75, 3.05) is 0 Å². The molecule has 1 aromatic heterocycles. The Bertz CT molecular complexity index is 430. The highest BCUT2D eigenvalue weighted by Crippen LogP contribution is 2.27. The van der Waals surface area contributed by atoms with Crippen LogP contribution in [-0.2, 0) is 0 Å². The van der Waals surface area contributed by atoms with Gasteiger partial charge in [0.2, 0.25) is 0 Å². The first-order valence-electron chi connectivity index (χ1n) is 4.46. The lowest BCUT2D eigenvalue weighted by Gasteiger charge is -2.01. The maximum atomic E-state index is 5.78. The van der Waals surface area contributed by atoms with Gasteiger partial charge in [0.25, 0.3) is 0 Å². The number of hydrogen-bond donors (Lipinski definition) is 0. The van der Waals surface area contributed by atoms with Gasteiger partial charge in [-0.25, -0.2) is 9.97 Å². The van der Waals surface area contributed by atoms with Crippen LogP contribution in [0, 0.1) is 6.92 Å². The smallest absolute Gasteiger partial charge is 0.133 e. The van der Waals surface area contributed by atoms with Crippen LogP contribution in [0.5, 0.6) is 0 Å². The minimum Gasteiger partial charge on any atom is -0.230 e. The maximum Gasteiger partial charge on any atom is 0.133 e. The first-order chi connectivity index (χ1) is 7.24. The van der Waals surface area contributed by atoms with Crippen LogP contribution < -0.4 is 0 Å². The van der Waals surface area contributed by atoms with Crippen LogP contribution >= 0.6 is 23.4 Å². The zero-order valence-corrected chi connectivity index (χ0v) is 9.72. The lowest BCUT2D eigenvalue weighted by molar-refractivity contribution is 1.05. The first kappa shape index (κ1) is 10.5. The Balaban J connectivity index is 2.22. The van der Waals surface area contributed by atoms with E-state index < -0.39 is 0 Å². The monoisotopic (exact) mass is 236 g/mol. The Morgan fingerprint density at radius 2 is 2.07 bits per heavy atom. The van der Waals surface area contributed by atoms with Crippen molar-refractivity contribution in [2.45, 2.75) is 16.8 Å². The second-order valence-corrected chi connectivity index (χ2v) is 4.58. The molecule has 4 heteroatoms. The van der Waals surface area contributed by atoms with Crippen molar-refractivity contribution in [3.05, 3.63) is 47.4 Å². The molecule has 0 spiro atoms. The molecular formula is C11H9ClN2S. The molecule has 2 rings (SSSR count). The van der Waals surface area contributed by atoms with Gasteiger partial charge < -0.3 is 0 Å². The van der Waals surface area contributed by atoms with Gasteiger partial charge in [-0.15, -0.1) is 0 Å². The summed E-state index contributed by atoms with van der Waals surface area (Å²) in [5, 5.41) is 1.33. The van der Waals surface area contributed by atoms with Crippen molar-refractivity contribution in [3.63, 3.8) is 0 Å². The van der Waals surface area contributed by atoms with Gasteiger partial charge in [-0.2, -0.15) is 0 Å². The van der Waals surface area contributed by atoms with Crippen LogP contribution in [0.4, 0.5) is 0 Å². The average Bonchev–Trinajstić information content (AvgIpc) is 2.17. The van der Waals surface area contributed by atoms with Crippen LogP contribution in [0.1, 0.15) is 5.56 Å². The van der Waals surface area contributed by atoms with Gasteiger partial charge in [-0.3, -0.25) is 0 Å². The normalized spacial score (nSPS) is 10.3. The molecule has 0 radical (unpaired) electrons. The van der Waals surface area contributed by atoms with E-state index in [1.165, 1.54) is 11.9 Å². The van der Waals surface area contributed by atoms with Gasteiger partial charge in [0.05, 0.1) is 0 Å². The Labute approximate surface area is 97.7 Å². The minimum atomic E-state index is 0.472. The number of aromatic nitrogens is 2. The molecule has 0 N–H and O–H groups in total. The lowest BCUT2D eigenvalue weighted by Crippen LogP contribution is -1.82. The van der Waals surface area contributed by atoms with Crippen LogP contribution in [0.15, 0.2) is 46.6 Å². The summed E-state index contributed by atoms with van der Waals surface area (Å²) in [7, 11) is 0. The van der Waals surface area contributed by atoms with E-state index in [1.807, 2.05) is 12.1 Å². The van der Waals surface area contributed by atoms with Crippen LogP contribution in [0.25, 0.3) is 0 Å². The second kappa shape index (κ2) is 4.64. The van der Waals surface area contributed by atoms with Crippen molar-refractivity contribution >= 4 is 23.4 Å². The predicted octanol–water partition coefficient (Wildman–Crippen LogP) is 3.59. The number of rotatable bonds is 2. The molecule has 1 heterocycles. The summed E-state index contributed by atoms with van der Waals surface area (Å²) >= 11 is 7.36. The molecule has 0 aliphatic rings. The van der Waals surface area contributed by atoms with Crippen LogP contribution in [0.2, 0.25) is 5.15 Å². The van der Waals surface area contributed by atoms with Crippen molar-refractivity contribution < 1.29 is 0 Å². The fourth-order valence-corrected chi connectivity index (χ4v) is 2.29. The third-order valence-corrected chi connectivity index (χ3v) is 2.95. The first-order valence-corrected chi connectivity index (χ1v) is 5.65. The van der Waals surface area contributed by atoms with E-state index in [0.717, 1.165) is 9.92 Å². The highest BCUT2D eigenvalue weighted by atomic mass is 35.5. The predicted molar refractivity (Wildman–Crippen MR) is 62.3 cm³/mol. The third kappa shape index (κ3) is 2.94. The van der Waals surface area contributed by atoms with Crippen molar-refractivity contribution in [1.82, 2.24) is 9.97 Å². The molecule has 0 fully saturated rings. The average molecular weight is 237 g/mol. The molecule has 15 heavy (non-hydrogen) atoms. The number of halogens is 1. The number of hydrogen-bond acceptors (Lipinski definition) is 3. The second-order valence-electron chi connectivity index (χ2n) is 3.10. The van der Waals surface area contributed by atoms with Crippen LogP contribution in [0.3, 0.4) is 0 Å². The molecule has 0 saturated heterocycles. The highest BCUT2D eigenvalue weighted by molar-refractivity contribution is 7.99. The van der Waals surface area contributed by atoms with E-state index in [4.69, 9.17) is 11.6 Å². The van der Waals surface area contributed by atoms with E-state index in [9.17, 15) is 0 Å². The van der Waals surface area contributed by atoms with Crippen molar-refractivity contribution in [2.24, 2.45) is 0 Å². The summed E-state index contributed by atoms with van der Waals surface area (Å²) < 4.78 is 0. The maximum absolute atomic E-state index is 5.78. The van der Waals surface area contributed by atoms with Gasteiger partial charge in [0.15, 0.2) is 0 Å². The van der Waals surface area contributed by atoms with Gasteiger partial charge in [-0.1, -0.05) is 41.1 Å². The van der Waals surface area contributed by atoms with Crippen molar-refractivity contribution in [1.29, 1.82) is 0 Å². The molecule has 2 nitrogen and oxygen atoms in total. The highest BCUT2D eigenvalue weighted by Gasteiger charge is 2.00. The molecule has 0 aliphatic carbocycles. The van der Waals surface area contributed by atoms with Gasteiger partial charge in [-0.05, 0) is 19.1 Å². The summed E-state index contributed by atoms with van der Waals surface area (Å²) in [5.41, 5.74) is 1.24. The third-order valence-electron chi connectivity index (χ3n) is 1.82. The molecule has 0 unspecified atom stereocenters. The van der Waals surface area contributed by atoms with E-state index >= 15 is 0 Å². The fourth-order valence-electron chi connectivity index (χ4n) is 1.17. The quantitative estimate of drug-likeness (QED) is 0.746. The Kier molecular flexibility index (Phi) is 3.23. The van der Waals surface area contributed by atoms with Gasteiger partial charge >= 0.3 is 0 Å². The topological polar surface area (TPSA) is 25.8 Å². The minimum absolute atomic E-state index is 0.472. The molecule has 0 bridgehead atoms. The molecule has 0 amide bonds. The molecule has 1 aromatic carbocycles. The Morgan fingerprint density at radius 3 is 2.80 bits per heavy atom. The summed E-state index contributed by atoms with van der Waals surface area (Å²) in [6, 6.07) is 10.0. The van der Waals surface area contributed by atoms with E-state index in [2.05, 4.69) is 29.0 Å². The molecule has 76 valence electrons. The number of benzene rings is 1. The zero-order chi connectivity index (χ0) is 10.7. The summed E-state index contributed by atoms with van der Waals surface area (Å²) in [6.45, 7) is 2.07. The molecule has 0 aliphatic heterocycles. The lowest BCUT2D eigenvalue weighted by atomic mass is 10.2. The number of aryl methyl sites for hydroxylation is 1. The SMILES string of the molecule is Cc1cccc(Sc2cc(Cl)ncn2)c1. The summed E-state index contributed by atoms with van der Waals surface area (Å²) in [4.78, 5) is 9.13. The van der Waals surface area contributed by atoms with Crippen LogP contribution in [-0.4, -0.2) is 9.97 Å². The van der Waals surface area contributed by atoms with Crippen molar-refractivity contribution in [3.8, 4) is 0 Å². The summed E-state index contributed by atoms with van der Waals surface area (Å²) in [6.07, 6.45) is 1.47. The van der Waals surface area contributed by atoms with E-state index in [1.54, 1.807) is 17.8 Å². The Morgan fingerprint density at radius 1 is 1.20 bits per heavy atom. The zero-order valence-electron chi connectivity index (χ0n) is 8.14. The van der Waals surface area contributed by atoms with Gasteiger partial charge in [0.1, 0.15) is 16.5 Å². The van der Waals surface area contributed by atoms with E-state index in [0.29, 0.717) is 5.15 Å². The molecular weight excluding hydrogens is 228 g/mol. The van der Waals surface area contributed by atoms with E-state index in [-0.39, 0.29) is 0 Å². The Hall–Kier alpha value is -1.06. The number of nitrogens with zero attached hydrogens (tertiary/aromatic N) is 2. The summed E-state index contributed by atoms with van der Waals surface area (Å²) in [5.74, 6) is 0. The molecule has 0 atom stereocenters. The largest absolute Gasteiger partial charge is 0.230 e. The van der Waals surface area contributed by atoms with Gasteiger partial charge in [0, 0.05) is 11.0 Å².